The minimum absolute atomic E-state index is 0.113. The lowest BCUT2D eigenvalue weighted by atomic mass is 10.1. The molecule has 1 aliphatic rings. The molecular formula is C12H18N4O2. The number of H-pyrrole nitrogens is 1. The second-order valence-electron chi connectivity index (χ2n) is 4.60. The summed E-state index contributed by atoms with van der Waals surface area (Å²) >= 11 is 0. The van der Waals surface area contributed by atoms with Crippen LogP contribution in [0.3, 0.4) is 0 Å². The lowest BCUT2D eigenvalue weighted by molar-refractivity contribution is 0.0535. The van der Waals surface area contributed by atoms with Gasteiger partial charge in [-0.2, -0.15) is 5.10 Å². The van der Waals surface area contributed by atoms with Crippen molar-refractivity contribution >= 4 is 5.91 Å². The standard InChI is InChI=1S/C12H18N4O2/c1-3-9-8-16(7-6-15(9)2)12(18)10-4-5-11(17)14-13-10/h4-5,9H,3,6-8H2,1-2H3,(H,14,17). The minimum atomic E-state index is -0.295. The van der Waals surface area contributed by atoms with Crippen LogP contribution in [-0.2, 0) is 0 Å². The molecule has 1 atom stereocenters. The zero-order valence-corrected chi connectivity index (χ0v) is 10.7. The van der Waals surface area contributed by atoms with Gasteiger partial charge in [0.15, 0.2) is 0 Å². The van der Waals surface area contributed by atoms with Gasteiger partial charge in [0.05, 0.1) is 0 Å². The number of aromatic amines is 1. The van der Waals surface area contributed by atoms with Gasteiger partial charge in [-0.1, -0.05) is 6.92 Å². The zero-order valence-electron chi connectivity index (χ0n) is 10.7. The predicted octanol–water partition coefficient (Wildman–Crippen LogP) is -0.0639. The molecule has 0 spiro atoms. The molecule has 0 aliphatic carbocycles. The van der Waals surface area contributed by atoms with E-state index in [2.05, 4.69) is 29.1 Å². The van der Waals surface area contributed by atoms with Gasteiger partial charge in [-0.3, -0.25) is 14.5 Å². The molecule has 0 bridgehead atoms. The molecule has 1 aliphatic heterocycles. The summed E-state index contributed by atoms with van der Waals surface area (Å²) in [6, 6.07) is 3.19. The van der Waals surface area contributed by atoms with E-state index in [4.69, 9.17) is 0 Å². The third-order valence-corrected chi connectivity index (χ3v) is 3.43. The maximum atomic E-state index is 12.2. The molecule has 1 aromatic rings. The molecule has 2 rings (SSSR count). The van der Waals surface area contributed by atoms with Crippen LogP contribution < -0.4 is 5.56 Å². The molecule has 1 fully saturated rings. The molecule has 0 saturated carbocycles. The summed E-state index contributed by atoms with van der Waals surface area (Å²) in [7, 11) is 2.08. The molecule has 1 amide bonds. The highest BCUT2D eigenvalue weighted by molar-refractivity contribution is 5.92. The van der Waals surface area contributed by atoms with Gasteiger partial charge in [-0.25, -0.2) is 5.10 Å². The number of piperazine rings is 1. The minimum Gasteiger partial charge on any atom is -0.334 e. The van der Waals surface area contributed by atoms with Crippen molar-refractivity contribution in [3.8, 4) is 0 Å². The van der Waals surface area contributed by atoms with E-state index in [0.29, 0.717) is 24.8 Å². The van der Waals surface area contributed by atoms with E-state index < -0.39 is 0 Å². The van der Waals surface area contributed by atoms with E-state index >= 15 is 0 Å². The average molecular weight is 250 g/mol. The molecule has 6 nitrogen and oxygen atoms in total. The smallest absolute Gasteiger partial charge is 0.274 e. The molecule has 0 aromatic carbocycles. The highest BCUT2D eigenvalue weighted by Gasteiger charge is 2.27. The summed E-state index contributed by atoms with van der Waals surface area (Å²) < 4.78 is 0. The van der Waals surface area contributed by atoms with E-state index in [1.807, 2.05) is 0 Å². The Labute approximate surface area is 106 Å². The number of nitrogens with zero attached hydrogens (tertiary/aromatic N) is 3. The van der Waals surface area contributed by atoms with Crippen LogP contribution in [-0.4, -0.2) is 58.6 Å². The van der Waals surface area contributed by atoms with Gasteiger partial charge in [0.25, 0.3) is 11.5 Å². The Hall–Kier alpha value is -1.69. The number of nitrogens with one attached hydrogen (secondary N) is 1. The molecule has 2 heterocycles. The van der Waals surface area contributed by atoms with Crippen molar-refractivity contribution in [1.82, 2.24) is 20.0 Å². The van der Waals surface area contributed by atoms with Crippen molar-refractivity contribution in [2.45, 2.75) is 19.4 Å². The van der Waals surface area contributed by atoms with E-state index in [1.165, 1.54) is 12.1 Å². The van der Waals surface area contributed by atoms with Crippen molar-refractivity contribution in [3.05, 3.63) is 28.2 Å². The number of hydrogen-bond acceptors (Lipinski definition) is 4. The number of carbonyl (C=O) groups is 1. The fourth-order valence-electron chi connectivity index (χ4n) is 2.20. The second-order valence-corrected chi connectivity index (χ2v) is 4.60. The Balaban J connectivity index is 2.10. The van der Waals surface area contributed by atoms with Crippen molar-refractivity contribution in [2.24, 2.45) is 0 Å². The SMILES string of the molecule is CCC1CN(C(=O)c2ccc(=O)[nH]n2)CCN1C. The lowest BCUT2D eigenvalue weighted by Gasteiger charge is -2.38. The molecule has 6 heteroatoms. The highest BCUT2D eigenvalue weighted by atomic mass is 16.2. The third kappa shape index (κ3) is 2.59. The summed E-state index contributed by atoms with van der Waals surface area (Å²) in [5.41, 5.74) is 0.00497. The quantitative estimate of drug-likeness (QED) is 0.798. The Kier molecular flexibility index (Phi) is 3.76. The number of amides is 1. The number of hydrogen-bond donors (Lipinski definition) is 1. The van der Waals surface area contributed by atoms with Crippen LogP contribution in [0.25, 0.3) is 0 Å². The summed E-state index contributed by atoms with van der Waals surface area (Å²) in [5.74, 6) is -0.113. The second kappa shape index (κ2) is 5.30. The molecule has 1 aromatic heterocycles. The first kappa shape index (κ1) is 12.8. The molecular weight excluding hydrogens is 232 g/mol. The number of aromatic nitrogens is 2. The van der Waals surface area contributed by atoms with Crippen molar-refractivity contribution < 1.29 is 4.79 Å². The van der Waals surface area contributed by atoms with E-state index in [1.54, 1.807) is 4.90 Å². The average Bonchev–Trinajstić information content (AvgIpc) is 2.39. The topological polar surface area (TPSA) is 69.3 Å². The van der Waals surface area contributed by atoms with Crippen LogP contribution in [0.15, 0.2) is 16.9 Å². The van der Waals surface area contributed by atoms with Crippen molar-refractivity contribution in [3.63, 3.8) is 0 Å². The van der Waals surface area contributed by atoms with Gasteiger partial charge in [0.2, 0.25) is 0 Å². The van der Waals surface area contributed by atoms with Crippen LogP contribution in [0.1, 0.15) is 23.8 Å². The maximum absolute atomic E-state index is 12.2. The van der Waals surface area contributed by atoms with Crippen molar-refractivity contribution in [1.29, 1.82) is 0 Å². The van der Waals surface area contributed by atoms with Gasteiger partial charge < -0.3 is 4.90 Å². The number of carbonyl (C=O) groups excluding carboxylic acids is 1. The Bertz CT molecular complexity index is 465. The normalized spacial score (nSPS) is 21.0. The fourth-order valence-corrected chi connectivity index (χ4v) is 2.20. The molecule has 98 valence electrons. The number of rotatable bonds is 2. The first-order valence-corrected chi connectivity index (χ1v) is 6.17. The number of likely N-dealkylation sites (N-methyl/N-ethyl adjacent to an activating group) is 1. The summed E-state index contributed by atoms with van der Waals surface area (Å²) in [6.07, 6.45) is 1.01. The third-order valence-electron chi connectivity index (χ3n) is 3.43. The van der Waals surface area contributed by atoms with Crippen LogP contribution in [0.4, 0.5) is 0 Å². The Morgan fingerprint density at radius 2 is 2.28 bits per heavy atom. The maximum Gasteiger partial charge on any atom is 0.274 e. The molecule has 18 heavy (non-hydrogen) atoms. The Morgan fingerprint density at radius 1 is 1.50 bits per heavy atom. The van der Waals surface area contributed by atoms with Crippen LogP contribution in [0, 0.1) is 0 Å². The molecule has 0 radical (unpaired) electrons. The lowest BCUT2D eigenvalue weighted by Crippen LogP contribution is -2.53. The molecule has 1 N–H and O–H groups in total. The summed E-state index contributed by atoms with van der Waals surface area (Å²) in [6.45, 7) is 4.40. The monoisotopic (exact) mass is 250 g/mol. The van der Waals surface area contributed by atoms with Gasteiger partial charge in [0, 0.05) is 31.7 Å². The van der Waals surface area contributed by atoms with Crippen LogP contribution in [0.5, 0.6) is 0 Å². The van der Waals surface area contributed by atoms with Crippen molar-refractivity contribution in [2.75, 3.05) is 26.7 Å². The zero-order chi connectivity index (χ0) is 13.1. The molecule has 1 saturated heterocycles. The van der Waals surface area contributed by atoms with E-state index in [0.717, 1.165) is 13.0 Å². The van der Waals surface area contributed by atoms with Crippen LogP contribution >= 0.6 is 0 Å². The van der Waals surface area contributed by atoms with Gasteiger partial charge in [0.1, 0.15) is 5.69 Å². The van der Waals surface area contributed by atoms with Gasteiger partial charge in [-0.15, -0.1) is 0 Å². The predicted molar refractivity (Wildman–Crippen MR) is 67.5 cm³/mol. The first-order chi connectivity index (χ1) is 8.61. The highest BCUT2D eigenvalue weighted by Crippen LogP contribution is 2.12. The largest absolute Gasteiger partial charge is 0.334 e. The van der Waals surface area contributed by atoms with Crippen LogP contribution in [0.2, 0.25) is 0 Å². The van der Waals surface area contributed by atoms with E-state index in [9.17, 15) is 9.59 Å². The summed E-state index contributed by atoms with van der Waals surface area (Å²) in [4.78, 5) is 27.2. The van der Waals surface area contributed by atoms with Gasteiger partial charge in [-0.05, 0) is 19.5 Å². The van der Waals surface area contributed by atoms with E-state index in [-0.39, 0.29) is 11.5 Å². The van der Waals surface area contributed by atoms with Gasteiger partial charge >= 0.3 is 0 Å². The fraction of sp³-hybridized carbons (Fsp3) is 0.583. The summed E-state index contributed by atoms with van der Waals surface area (Å²) in [5, 5.41) is 6.07. The first-order valence-electron chi connectivity index (χ1n) is 6.17. The Morgan fingerprint density at radius 3 is 2.89 bits per heavy atom. The molecule has 1 unspecified atom stereocenters.